The zero-order valence-corrected chi connectivity index (χ0v) is 6.89. The number of aromatic nitrogens is 3. The van der Waals surface area contributed by atoms with E-state index in [9.17, 15) is 10.3 Å². The Bertz CT molecular complexity index is 470. The summed E-state index contributed by atoms with van der Waals surface area (Å²) in [5.41, 5.74) is 1.62. The summed E-state index contributed by atoms with van der Waals surface area (Å²) in [5, 5.41) is 25.0. The van der Waals surface area contributed by atoms with Crippen LogP contribution in [0.25, 0.3) is 11.0 Å². The zero-order chi connectivity index (χ0) is 9.42. The fourth-order valence-corrected chi connectivity index (χ4v) is 1.14. The molecule has 0 aliphatic heterocycles. The highest BCUT2D eigenvalue weighted by Crippen LogP contribution is 2.09. The van der Waals surface area contributed by atoms with Crippen LogP contribution >= 0.6 is 0 Å². The van der Waals surface area contributed by atoms with Gasteiger partial charge in [-0.15, -0.1) is 0 Å². The minimum Gasteiger partial charge on any atom is -0.840 e. The fourth-order valence-electron chi connectivity index (χ4n) is 1.14. The molecular weight excluding hydrogens is 170 g/mol. The lowest BCUT2D eigenvalue weighted by Gasteiger charge is -2.03. The van der Waals surface area contributed by atoms with Crippen molar-refractivity contribution in [1.29, 1.82) is 0 Å². The number of hydrogen-bond donors (Lipinski definition) is 0. The number of nitrogens with zero attached hydrogens (tertiary/aromatic N) is 3. The molecular formula is C8H6N3O2-. The van der Waals surface area contributed by atoms with Gasteiger partial charge in [-0.1, -0.05) is 6.07 Å². The van der Waals surface area contributed by atoms with E-state index >= 15 is 0 Å². The lowest BCUT2D eigenvalue weighted by Crippen LogP contribution is -2.33. The van der Waals surface area contributed by atoms with Crippen LogP contribution in [0.5, 0.6) is 6.01 Å². The van der Waals surface area contributed by atoms with Crippen molar-refractivity contribution in [2.45, 2.75) is 6.92 Å². The van der Waals surface area contributed by atoms with Crippen molar-refractivity contribution < 1.29 is 9.95 Å². The first kappa shape index (κ1) is 7.72. The second-order valence-corrected chi connectivity index (χ2v) is 2.76. The van der Waals surface area contributed by atoms with Crippen LogP contribution in [0.1, 0.15) is 5.56 Å². The Morgan fingerprint density at radius 1 is 1.38 bits per heavy atom. The molecule has 0 spiro atoms. The molecule has 2 aromatic rings. The summed E-state index contributed by atoms with van der Waals surface area (Å²) in [4.78, 5) is 3.89. The number of fused-ring (bicyclic) bond motifs is 1. The van der Waals surface area contributed by atoms with E-state index in [0.29, 0.717) is 15.9 Å². The van der Waals surface area contributed by atoms with Crippen LogP contribution in [0.2, 0.25) is 0 Å². The number of benzene rings is 1. The second kappa shape index (κ2) is 2.55. The van der Waals surface area contributed by atoms with Gasteiger partial charge in [0.05, 0.1) is 0 Å². The van der Waals surface area contributed by atoms with Crippen molar-refractivity contribution in [2.24, 2.45) is 0 Å². The maximum absolute atomic E-state index is 11.1. The zero-order valence-electron chi connectivity index (χ0n) is 6.89. The van der Waals surface area contributed by atoms with Crippen LogP contribution in [0, 0.1) is 12.1 Å². The summed E-state index contributed by atoms with van der Waals surface area (Å²) in [6.45, 7) is 1.85. The third-order valence-electron chi connectivity index (χ3n) is 1.73. The van der Waals surface area contributed by atoms with Gasteiger partial charge in [0.1, 0.15) is 5.52 Å². The van der Waals surface area contributed by atoms with Gasteiger partial charge in [0.25, 0.3) is 5.52 Å². The van der Waals surface area contributed by atoms with Crippen LogP contribution in [0.15, 0.2) is 18.2 Å². The Balaban J connectivity index is 2.87. The van der Waals surface area contributed by atoms with Crippen molar-refractivity contribution in [1.82, 2.24) is 10.1 Å². The van der Waals surface area contributed by atoms with Crippen LogP contribution in [-0.2, 0) is 0 Å². The predicted molar refractivity (Wildman–Crippen MR) is 42.7 cm³/mol. The number of hydrogen-bond acceptors (Lipinski definition) is 4. The van der Waals surface area contributed by atoms with E-state index in [1.54, 1.807) is 18.2 Å². The fraction of sp³-hybridized carbons (Fsp3) is 0.125. The summed E-state index contributed by atoms with van der Waals surface area (Å²) in [6, 6.07) is 4.30. The van der Waals surface area contributed by atoms with E-state index in [-0.39, 0.29) is 0 Å². The first-order valence-electron chi connectivity index (χ1n) is 3.72. The summed E-state index contributed by atoms with van der Waals surface area (Å²) < 4.78 is 0. The molecule has 5 nitrogen and oxygen atoms in total. The second-order valence-electron chi connectivity index (χ2n) is 2.76. The van der Waals surface area contributed by atoms with Gasteiger partial charge in [-0.25, -0.2) is 4.98 Å². The number of aryl methyl sites for hydroxylation is 1. The largest absolute Gasteiger partial charge is 0.840 e. The monoisotopic (exact) mass is 176 g/mol. The maximum Gasteiger partial charge on any atom is 0.270 e. The molecule has 0 amide bonds. The lowest BCUT2D eigenvalue weighted by molar-refractivity contribution is -0.649. The summed E-state index contributed by atoms with van der Waals surface area (Å²) in [6.07, 6.45) is 0. The van der Waals surface area contributed by atoms with Crippen LogP contribution in [0.3, 0.4) is 0 Å². The van der Waals surface area contributed by atoms with E-state index in [1.807, 2.05) is 6.92 Å². The van der Waals surface area contributed by atoms with Crippen molar-refractivity contribution in [3.63, 3.8) is 0 Å². The van der Waals surface area contributed by atoms with Gasteiger partial charge in [0.2, 0.25) is 0 Å². The third-order valence-corrected chi connectivity index (χ3v) is 1.73. The van der Waals surface area contributed by atoms with Gasteiger partial charge in [-0.2, -0.15) is 0 Å². The molecule has 1 aromatic carbocycles. The molecule has 0 saturated heterocycles. The van der Waals surface area contributed by atoms with Crippen molar-refractivity contribution in [2.75, 3.05) is 0 Å². The molecule has 0 aliphatic rings. The standard InChI is InChI=1S/C8H7N3O2/c1-5-2-3-6-7(4-5)11(13)10-8(12)9-6/h2-4H,1H3,(H,9,10,12)/p-1. The molecule has 0 bridgehead atoms. The SMILES string of the molecule is Cc1ccc2nc([O-])n[n+]([O-])c2c1. The molecule has 1 aromatic heterocycles. The van der Waals surface area contributed by atoms with E-state index < -0.39 is 6.01 Å². The highest BCUT2D eigenvalue weighted by molar-refractivity contribution is 5.71. The van der Waals surface area contributed by atoms with Crippen LogP contribution in [0.4, 0.5) is 0 Å². The summed E-state index contributed by atoms with van der Waals surface area (Å²) >= 11 is 0. The van der Waals surface area contributed by atoms with Gasteiger partial charge in [0, 0.05) is 11.2 Å². The van der Waals surface area contributed by atoms with Crippen LogP contribution < -0.4 is 9.95 Å². The highest BCUT2D eigenvalue weighted by atomic mass is 16.5. The highest BCUT2D eigenvalue weighted by Gasteiger charge is 2.05. The molecule has 0 aliphatic carbocycles. The first-order chi connectivity index (χ1) is 6.16. The van der Waals surface area contributed by atoms with Crippen molar-refractivity contribution in [3.8, 4) is 6.01 Å². The summed E-state index contributed by atoms with van der Waals surface area (Å²) in [7, 11) is 0. The van der Waals surface area contributed by atoms with Gasteiger partial charge in [0.15, 0.2) is 6.01 Å². The molecule has 66 valence electrons. The average molecular weight is 176 g/mol. The Hall–Kier alpha value is -1.91. The maximum atomic E-state index is 11.1. The third kappa shape index (κ3) is 1.24. The average Bonchev–Trinajstić information content (AvgIpc) is 2.06. The minimum absolute atomic E-state index is 0.303. The molecule has 1 heterocycles. The molecule has 0 radical (unpaired) electrons. The Labute approximate surface area is 73.9 Å². The topological polar surface area (TPSA) is 75.8 Å². The number of rotatable bonds is 0. The molecule has 13 heavy (non-hydrogen) atoms. The van der Waals surface area contributed by atoms with Crippen molar-refractivity contribution in [3.05, 3.63) is 29.0 Å². The predicted octanol–water partition coefficient (Wildman–Crippen LogP) is -0.355. The normalized spacial score (nSPS) is 10.5. The molecule has 0 unspecified atom stereocenters. The van der Waals surface area contributed by atoms with Gasteiger partial charge in [-0.05, 0) is 23.4 Å². The molecule has 0 atom stereocenters. The summed E-state index contributed by atoms with van der Waals surface area (Å²) in [5.74, 6) is 0. The smallest absolute Gasteiger partial charge is 0.270 e. The van der Waals surface area contributed by atoms with E-state index in [1.165, 1.54) is 0 Å². The van der Waals surface area contributed by atoms with E-state index in [0.717, 1.165) is 5.56 Å². The van der Waals surface area contributed by atoms with Gasteiger partial charge >= 0.3 is 0 Å². The lowest BCUT2D eigenvalue weighted by atomic mass is 10.2. The quantitative estimate of drug-likeness (QED) is 0.406. The van der Waals surface area contributed by atoms with E-state index in [4.69, 9.17) is 0 Å². The van der Waals surface area contributed by atoms with Gasteiger partial charge in [-0.3, -0.25) is 0 Å². The molecule has 0 fully saturated rings. The Kier molecular flexibility index (Phi) is 1.51. The van der Waals surface area contributed by atoms with Crippen molar-refractivity contribution >= 4 is 11.0 Å². The first-order valence-corrected chi connectivity index (χ1v) is 3.72. The van der Waals surface area contributed by atoms with Gasteiger partial charge < -0.3 is 10.3 Å². The molecule has 0 N–H and O–H groups in total. The van der Waals surface area contributed by atoms with E-state index in [2.05, 4.69) is 10.1 Å². The Morgan fingerprint density at radius 2 is 2.15 bits per heavy atom. The Morgan fingerprint density at radius 3 is 2.92 bits per heavy atom. The minimum atomic E-state index is -0.758. The molecule has 5 heteroatoms. The molecule has 2 rings (SSSR count). The van der Waals surface area contributed by atoms with Crippen LogP contribution in [-0.4, -0.2) is 10.1 Å². The molecule has 0 saturated carbocycles.